The minimum Gasteiger partial charge on any atom is -0.237 e. The highest BCUT2D eigenvalue weighted by molar-refractivity contribution is 5.08. The van der Waals surface area contributed by atoms with Crippen LogP contribution in [0.5, 0.6) is 0 Å². The minimum atomic E-state index is 0.0758. The molecule has 0 saturated heterocycles. The first kappa shape index (κ1) is 15.1. The molecular weight excluding hydrogens is 222 g/mol. The number of hydrogen-bond donors (Lipinski definition) is 0. The van der Waals surface area contributed by atoms with Gasteiger partial charge in [-0.3, -0.25) is 0 Å². The molecule has 0 spiro atoms. The third kappa shape index (κ3) is 4.35. The van der Waals surface area contributed by atoms with Crippen molar-refractivity contribution in [3.63, 3.8) is 0 Å². The highest BCUT2D eigenvalue weighted by atomic mass is 15.2. The molecule has 0 saturated carbocycles. The Morgan fingerprint density at radius 2 is 1.94 bits per heavy atom. The fourth-order valence-electron chi connectivity index (χ4n) is 1.85. The largest absolute Gasteiger partial charge is 0.237 e. The summed E-state index contributed by atoms with van der Waals surface area (Å²) < 4.78 is 0. The molecule has 0 N–H and O–H groups in total. The van der Waals surface area contributed by atoms with Crippen LogP contribution in [0.15, 0.2) is 6.20 Å². The Bertz CT molecular complexity index is 343. The van der Waals surface area contributed by atoms with Gasteiger partial charge < -0.3 is 0 Å². The lowest BCUT2D eigenvalue weighted by atomic mass is 9.87. The predicted octanol–water partition coefficient (Wildman–Crippen LogP) is 3.93. The van der Waals surface area contributed by atoms with Gasteiger partial charge in [0, 0.05) is 11.8 Å². The molecule has 3 nitrogen and oxygen atoms in total. The van der Waals surface area contributed by atoms with Crippen LogP contribution in [-0.4, -0.2) is 15.2 Å². The van der Waals surface area contributed by atoms with Gasteiger partial charge in [0.2, 0.25) is 0 Å². The van der Waals surface area contributed by atoms with Crippen molar-refractivity contribution in [1.29, 1.82) is 0 Å². The van der Waals surface area contributed by atoms with E-state index in [0.29, 0.717) is 5.92 Å². The van der Waals surface area contributed by atoms with Gasteiger partial charge in [0.05, 0.1) is 11.9 Å². The summed E-state index contributed by atoms with van der Waals surface area (Å²) >= 11 is 0. The SMILES string of the molecule is CCCCC(C)Cc1ncc(C(C)(C)CC)nn1. The van der Waals surface area contributed by atoms with Gasteiger partial charge >= 0.3 is 0 Å². The van der Waals surface area contributed by atoms with E-state index < -0.39 is 0 Å². The van der Waals surface area contributed by atoms with Crippen LogP contribution in [0, 0.1) is 5.92 Å². The molecule has 1 unspecified atom stereocenters. The molecule has 0 aromatic carbocycles. The van der Waals surface area contributed by atoms with Gasteiger partial charge in [0.15, 0.2) is 5.82 Å². The molecule has 0 amide bonds. The molecule has 0 aliphatic carbocycles. The standard InChI is InChI=1S/C15H27N3/c1-6-8-9-12(3)10-14-16-11-13(17-18-14)15(4,5)7-2/h11-12H,6-10H2,1-5H3. The number of aromatic nitrogens is 3. The molecule has 0 fully saturated rings. The summed E-state index contributed by atoms with van der Waals surface area (Å²) in [6, 6.07) is 0. The Labute approximate surface area is 111 Å². The second-order valence-electron chi connectivity index (χ2n) is 5.95. The van der Waals surface area contributed by atoms with Crippen molar-refractivity contribution in [2.75, 3.05) is 0 Å². The average Bonchev–Trinajstić information content (AvgIpc) is 2.37. The van der Waals surface area contributed by atoms with Crippen molar-refractivity contribution in [1.82, 2.24) is 15.2 Å². The molecular formula is C15H27N3. The maximum absolute atomic E-state index is 4.47. The Balaban J connectivity index is 2.60. The van der Waals surface area contributed by atoms with Gasteiger partial charge in [-0.1, -0.05) is 53.9 Å². The lowest BCUT2D eigenvalue weighted by molar-refractivity contribution is 0.465. The quantitative estimate of drug-likeness (QED) is 0.735. The normalized spacial score (nSPS) is 13.6. The van der Waals surface area contributed by atoms with Gasteiger partial charge in [-0.05, 0) is 12.3 Å². The van der Waals surface area contributed by atoms with Gasteiger partial charge in [-0.15, -0.1) is 5.10 Å². The van der Waals surface area contributed by atoms with Crippen molar-refractivity contribution >= 4 is 0 Å². The zero-order valence-corrected chi connectivity index (χ0v) is 12.5. The van der Waals surface area contributed by atoms with E-state index in [1.54, 1.807) is 0 Å². The number of rotatable bonds is 7. The van der Waals surface area contributed by atoms with Crippen LogP contribution in [0.3, 0.4) is 0 Å². The third-order valence-electron chi connectivity index (χ3n) is 3.77. The number of hydrogen-bond acceptors (Lipinski definition) is 3. The van der Waals surface area contributed by atoms with E-state index in [2.05, 4.69) is 49.8 Å². The maximum atomic E-state index is 4.47. The molecule has 3 heteroatoms. The first-order valence-corrected chi connectivity index (χ1v) is 7.18. The smallest absolute Gasteiger partial charge is 0.151 e. The number of unbranched alkanes of at least 4 members (excludes halogenated alkanes) is 1. The zero-order chi connectivity index (χ0) is 13.6. The van der Waals surface area contributed by atoms with Crippen LogP contribution in [0.1, 0.15) is 71.8 Å². The van der Waals surface area contributed by atoms with Crippen LogP contribution in [-0.2, 0) is 11.8 Å². The molecule has 1 heterocycles. The second kappa shape index (κ2) is 6.81. The van der Waals surface area contributed by atoms with Crippen LogP contribution in [0.25, 0.3) is 0 Å². The average molecular weight is 249 g/mol. The summed E-state index contributed by atoms with van der Waals surface area (Å²) in [5.41, 5.74) is 1.07. The van der Waals surface area contributed by atoms with Crippen molar-refractivity contribution in [2.24, 2.45) is 5.92 Å². The van der Waals surface area contributed by atoms with E-state index in [-0.39, 0.29) is 5.41 Å². The summed E-state index contributed by atoms with van der Waals surface area (Å²) in [5.74, 6) is 1.53. The molecule has 1 aromatic rings. The molecule has 18 heavy (non-hydrogen) atoms. The Hall–Kier alpha value is -0.990. The summed E-state index contributed by atoms with van der Waals surface area (Å²) in [4.78, 5) is 4.47. The zero-order valence-electron chi connectivity index (χ0n) is 12.5. The highest BCUT2D eigenvalue weighted by Crippen LogP contribution is 2.23. The van der Waals surface area contributed by atoms with Crippen LogP contribution >= 0.6 is 0 Å². The van der Waals surface area contributed by atoms with E-state index in [0.717, 1.165) is 24.4 Å². The van der Waals surface area contributed by atoms with Crippen LogP contribution < -0.4 is 0 Å². The Morgan fingerprint density at radius 1 is 1.22 bits per heavy atom. The molecule has 0 bridgehead atoms. The fourth-order valence-corrected chi connectivity index (χ4v) is 1.85. The van der Waals surface area contributed by atoms with Crippen LogP contribution in [0.2, 0.25) is 0 Å². The summed E-state index contributed by atoms with van der Waals surface area (Å²) in [7, 11) is 0. The molecule has 0 radical (unpaired) electrons. The summed E-state index contributed by atoms with van der Waals surface area (Å²) in [5, 5.41) is 8.62. The first-order valence-electron chi connectivity index (χ1n) is 7.18. The van der Waals surface area contributed by atoms with Gasteiger partial charge in [-0.2, -0.15) is 5.10 Å². The summed E-state index contributed by atoms with van der Waals surface area (Å²) in [6.07, 6.45) is 7.69. The van der Waals surface area contributed by atoms with E-state index in [1.165, 1.54) is 19.3 Å². The third-order valence-corrected chi connectivity index (χ3v) is 3.77. The van der Waals surface area contributed by atoms with Gasteiger partial charge in [-0.25, -0.2) is 4.98 Å². The monoisotopic (exact) mass is 249 g/mol. The maximum Gasteiger partial charge on any atom is 0.151 e. The molecule has 0 aliphatic heterocycles. The van der Waals surface area contributed by atoms with E-state index >= 15 is 0 Å². The highest BCUT2D eigenvalue weighted by Gasteiger charge is 2.20. The topological polar surface area (TPSA) is 38.7 Å². The lowest BCUT2D eigenvalue weighted by Gasteiger charge is -2.20. The second-order valence-corrected chi connectivity index (χ2v) is 5.95. The molecule has 1 rings (SSSR count). The van der Waals surface area contributed by atoms with Gasteiger partial charge in [0.1, 0.15) is 0 Å². The van der Waals surface area contributed by atoms with E-state index in [4.69, 9.17) is 0 Å². The van der Waals surface area contributed by atoms with E-state index in [9.17, 15) is 0 Å². The predicted molar refractivity (Wildman–Crippen MR) is 75.5 cm³/mol. The molecule has 1 aromatic heterocycles. The fraction of sp³-hybridized carbons (Fsp3) is 0.800. The van der Waals surface area contributed by atoms with Crippen molar-refractivity contribution < 1.29 is 0 Å². The summed E-state index contributed by atoms with van der Waals surface area (Å²) in [6.45, 7) is 11.0. The molecule has 0 aliphatic rings. The van der Waals surface area contributed by atoms with Crippen LogP contribution in [0.4, 0.5) is 0 Å². The number of nitrogens with zero attached hydrogens (tertiary/aromatic N) is 3. The first-order chi connectivity index (χ1) is 8.49. The van der Waals surface area contributed by atoms with Crippen molar-refractivity contribution in [3.8, 4) is 0 Å². The molecule has 1 atom stereocenters. The minimum absolute atomic E-state index is 0.0758. The van der Waals surface area contributed by atoms with Gasteiger partial charge in [0.25, 0.3) is 0 Å². The Morgan fingerprint density at radius 3 is 2.44 bits per heavy atom. The molecule has 102 valence electrons. The van der Waals surface area contributed by atoms with Crippen molar-refractivity contribution in [2.45, 2.75) is 72.1 Å². The van der Waals surface area contributed by atoms with E-state index in [1.807, 2.05) is 6.20 Å². The van der Waals surface area contributed by atoms with Crippen molar-refractivity contribution in [3.05, 3.63) is 17.7 Å². The Kier molecular flexibility index (Phi) is 5.70. The lowest BCUT2D eigenvalue weighted by Crippen LogP contribution is -2.19.